The standard InChI is InChI=1S/C80H78O14/c1-3-79(51-87-52-79)49-85-41-13-5-7-15-43-89-65-33-25-57(26-34-65)75(81)91-67-37-29-59-45-63(23-21-61(59)47-67)77(83)93-71-39-31-55-17-9-11-19-69(55)73(71)74-70-20-12-10-18-56(70)32-40-72(74)94-78(84)64-24-22-62-48-68(38-30-60(62)46-64)92-76(82)58-27-35-66(36-28-58)90-44-16-8-6-14-42-86-50-80(4-2)53-88-54-80/h9-12,17-40,45-48H,3-8,13-16,41-44,49-54H2,1-2H3. The highest BCUT2D eigenvalue weighted by Crippen LogP contribution is 2.46. The predicted molar refractivity (Wildman–Crippen MR) is 364 cm³/mol. The lowest BCUT2D eigenvalue weighted by Crippen LogP contribution is -2.45. The third kappa shape index (κ3) is 15.8. The number of benzene rings is 10. The summed E-state index contributed by atoms with van der Waals surface area (Å²) in [6.45, 7) is 11.8. The molecular formula is C80H78O14. The van der Waals surface area contributed by atoms with Crippen molar-refractivity contribution in [2.24, 2.45) is 10.8 Å². The molecule has 10 aromatic rings. The van der Waals surface area contributed by atoms with E-state index in [4.69, 9.17) is 47.4 Å². The summed E-state index contributed by atoms with van der Waals surface area (Å²) in [7, 11) is 0. The van der Waals surface area contributed by atoms with Gasteiger partial charge in [0.05, 0.1) is 75.1 Å². The fourth-order valence-corrected chi connectivity index (χ4v) is 11.9. The zero-order valence-corrected chi connectivity index (χ0v) is 53.3. The van der Waals surface area contributed by atoms with Crippen molar-refractivity contribution in [1.29, 1.82) is 0 Å². The minimum absolute atomic E-state index is 0.218. The van der Waals surface area contributed by atoms with Crippen molar-refractivity contribution in [1.82, 2.24) is 0 Å². The molecule has 2 fully saturated rings. The molecule has 0 saturated carbocycles. The molecule has 12 rings (SSSR count). The molecular weight excluding hydrogens is 1180 g/mol. The van der Waals surface area contributed by atoms with Crippen molar-refractivity contribution in [3.8, 4) is 45.6 Å². The van der Waals surface area contributed by atoms with Gasteiger partial charge in [-0.1, -0.05) is 112 Å². The Kier molecular flexibility index (Phi) is 21.0. The summed E-state index contributed by atoms with van der Waals surface area (Å²) in [4.78, 5) is 55.4. The highest BCUT2D eigenvalue weighted by Gasteiger charge is 2.38. The lowest BCUT2D eigenvalue weighted by molar-refractivity contribution is -0.150. The monoisotopic (exact) mass is 1260 g/mol. The molecule has 2 saturated heterocycles. The molecule has 482 valence electrons. The van der Waals surface area contributed by atoms with E-state index in [1.807, 2.05) is 60.7 Å². The highest BCUT2D eigenvalue weighted by molar-refractivity contribution is 6.12. The topological polar surface area (TPSA) is 161 Å². The van der Waals surface area contributed by atoms with Gasteiger partial charge >= 0.3 is 23.9 Å². The fourth-order valence-electron chi connectivity index (χ4n) is 11.9. The second-order valence-corrected chi connectivity index (χ2v) is 24.7. The number of esters is 4. The van der Waals surface area contributed by atoms with E-state index < -0.39 is 23.9 Å². The van der Waals surface area contributed by atoms with Gasteiger partial charge in [0.15, 0.2) is 0 Å². The Labute approximate surface area is 547 Å². The van der Waals surface area contributed by atoms with E-state index >= 15 is 0 Å². The van der Waals surface area contributed by atoms with Gasteiger partial charge < -0.3 is 47.4 Å². The van der Waals surface area contributed by atoms with E-state index in [0.29, 0.717) is 69.6 Å². The van der Waals surface area contributed by atoms with E-state index in [1.54, 1.807) is 133 Å². The quantitative estimate of drug-likeness (QED) is 0.0229. The van der Waals surface area contributed by atoms with Crippen LogP contribution < -0.4 is 28.4 Å². The minimum atomic E-state index is -0.606. The van der Waals surface area contributed by atoms with Crippen LogP contribution in [0.2, 0.25) is 0 Å². The number of rotatable bonds is 31. The molecule has 0 aliphatic carbocycles. The Morgan fingerprint density at radius 2 is 0.681 bits per heavy atom. The molecule has 0 atom stereocenters. The van der Waals surface area contributed by atoms with Gasteiger partial charge in [0.1, 0.15) is 34.5 Å². The van der Waals surface area contributed by atoms with Crippen LogP contribution in [-0.2, 0) is 18.9 Å². The Bertz CT molecular complexity index is 4010. The maximum absolute atomic E-state index is 14.4. The van der Waals surface area contributed by atoms with Gasteiger partial charge in [0, 0.05) is 35.2 Å². The van der Waals surface area contributed by atoms with Gasteiger partial charge in [-0.05, 0) is 204 Å². The summed E-state index contributed by atoms with van der Waals surface area (Å²) < 4.78 is 58.9. The van der Waals surface area contributed by atoms with Crippen molar-refractivity contribution >= 4 is 67.0 Å². The van der Waals surface area contributed by atoms with Crippen molar-refractivity contribution in [3.05, 3.63) is 216 Å². The summed E-state index contributed by atoms with van der Waals surface area (Å²) in [5.41, 5.74) is 2.92. The normalized spacial score (nSPS) is 13.9. The number of ether oxygens (including phenoxy) is 10. The third-order valence-electron chi connectivity index (χ3n) is 18.0. The number of carbonyl (C=O) groups is 4. The zero-order chi connectivity index (χ0) is 64.7. The molecule has 0 N–H and O–H groups in total. The van der Waals surface area contributed by atoms with Crippen LogP contribution in [0.1, 0.15) is 119 Å². The van der Waals surface area contributed by atoms with Crippen LogP contribution >= 0.6 is 0 Å². The lowest BCUT2D eigenvalue weighted by atomic mass is 9.84. The molecule has 0 radical (unpaired) electrons. The Morgan fingerprint density at radius 1 is 0.340 bits per heavy atom. The lowest BCUT2D eigenvalue weighted by Gasteiger charge is -2.40. The Hall–Kier alpha value is -9.44. The number of hydrogen-bond donors (Lipinski definition) is 0. The Morgan fingerprint density at radius 3 is 1.07 bits per heavy atom. The smallest absolute Gasteiger partial charge is 0.343 e. The zero-order valence-electron chi connectivity index (χ0n) is 53.3. The van der Waals surface area contributed by atoms with Crippen molar-refractivity contribution in [2.75, 3.05) is 66.1 Å². The van der Waals surface area contributed by atoms with Crippen LogP contribution in [0.5, 0.6) is 34.5 Å². The van der Waals surface area contributed by atoms with E-state index in [2.05, 4.69) is 13.8 Å². The number of carbonyl (C=O) groups excluding carboxylic acids is 4. The van der Waals surface area contributed by atoms with Crippen molar-refractivity contribution in [2.45, 2.75) is 78.1 Å². The van der Waals surface area contributed by atoms with Crippen molar-refractivity contribution in [3.63, 3.8) is 0 Å². The van der Waals surface area contributed by atoms with E-state index in [1.165, 1.54) is 0 Å². The van der Waals surface area contributed by atoms with Gasteiger partial charge in [0.2, 0.25) is 0 Å². The summed E-state index contributed by atoms with van der Waals surface area (Å²) in [5, 5.41) is 6.25. The summed E-state index contributed by atoms with van der Waals surface area (Å²) >= 11 is 0. The highest BCUT2D eigenvalue weighted by atomic mass is 16.6. The molecule has 0 spiro atoms. The second kappa shape index (κ2) is 30.5. The van der Waals surface area contributed by atoms with Gasteiger partial charge in [-0.3, -0.25) is 0 Å². The molecule has 2 aliphatic rings. The van der Waals surface area contributed by atoms with Gasteiger partial charge in [-0.15, -0.1) is 0 Å². The molecule has 0 unspecified atom stereocenters. The second-order valence-electron chi connectivity index (χ2n) is 24.7. The van der Waals surface area contributed by atoms with E-state index in [0.717, 1.165) is 160 Å². The van der Waals surface area contributed by atoms with Crippen LogP contribution in [0.4, 0.5) is 0 Å². The van der Waals surface area contributed by atoms with Crippen LogP contribution in [0, 0.1) is 10.8 Å². The van der Waals surface area contributed by atoms with Gasteiger partial charge in [-0.25, -0.2) is 19.2 Å². The first-order valence-corrected chi connectivity index (χ1v) is 32.8. The molecule has 2 aliphatic heterocycles. The summed E-state index contributed by atoms with van der Waals surface area (Å²) in [5.74, 6) is 0.352. The maximum Gasteiger partial charge on any atom is 0.343 e. The van der Waals surface area contributed by atoms with Crippen LogP contribution in [0.3, 0.4) is 0 Å². The largest absolute Gasteiger partial charge is 0.494 e. The van der Waals surface area contributed by atoms with Crippen LogP contribution in [-0.4, -0.2) is 89.9 Å². The maximum atomic E-state index is 14.4. The number of hydrogen-bond acceptors (Lipinski definition) is 14. The van der Waals surface area contributed by atoms with Crippen LogP contribution in [0.25, 0.3) is 54.2 Å². The van der Waals surface area contributed by atoms with E-state index in [-0.39, 0.29) is 22.3 Å². The molecule has 0 aromatic heterocycles. The number of fused-ring (bicyclic) bond motifs is 4. The average Bonchev–Trinajstić information content (AvgIpc) is 0.752. The van der Waals surface area contributed by atoms with Gasteiger partial charge in [-0.2, -0.15) is 0 Å². The molecule has 94 heavy (non-hydrogen) atoms. The first-order valence-electron chi connectivity index (χ1n) is 32.8. The Balaban J connectivity index is 0.659. The first-order chi connectivity index (χ1) is 46.0. The minimum Gasteiger partial charge on any atom is -0.494 e. The average molecular weight is 1260 g/mol. The SMILES string of the molecule is CCC1(COCCCCCCOc2ccc(C(=O)Oc3ccc4cc(C(=O)Oc5ccc6ccccc6c5-c5c(OC(=O)c6ccc7cc(OC(=O)c8ccc(OCCCCCCOCC9(CC)COC9)cc8)ccc7c6)ccc6ccccc56)ccc4c3)cc2)COC1. The molecule has 0 amide bonds. The molecule has 14 nitrogen and oxygen atoms in total. The molecule has 10 aromatic carbocycles. The molecule has 14 heteroatoms. The van der Waals surface area contributed by atoms with Crippen LogP contribution in [0.15, 0.2) is 194 Å². The predicted octanol–water partition coefficient (Wildman–Crippen LogP) is 17.6. The van der Waals surface area contributed by atoms with Crippen molar-refractivity contribution < 1.29 is 66.5 Å². The first kappa shape index (κ1) is 64.7. The fraction of sp³-hybridized carbons (Fsp3) is 0.300. The van der Waals surface area contributed by atoms with E-state index in [9.17, 15) is 19.2 Å². The molecule has 2 heterocycles. The summed E-state index contributed by atoms with van der Waals surface area (Å²) in [6, 6.07) is 57.6. The van der Waals surface area contributed by atoms with Gasteiger partial charge in [0.25, 0.3) is 0 Å². The number of unbranched alkanes of at least 4 members (excludes halogenated alkanes) is 6. The molecule has 0 bridgehead atoms. The third-order valence-corrected chi connectivity index (χ3v) is 18.0. The summed E-state index contributed by atoms with van der Waals surface area (Å²) in [6.07, 6.45) is 10.3.